The Morgan fingerprint density at radius 2 is 1.75 bits per heavy atom. The van der Waals surface area contributed by atoms with Crippen molar-refractivity contribution in [2.24, 2.45) is 5.92 Å². The number of hydrogen-bond acceptors (Lipinski definition) is 2. The van der Waals surface area contributed by atoms with E-state index in [2.05, 4.69) is 80.1 Å². The van der Waals surface area contributed by atoms with Crippen LogP contribution in [0.1, 0.15) is 23.2 Å². The SMILES string of the molecule is O=C(C1CC1)n1ccc(Cn2c(-c3ccc(-c4ccc5[nH]ccc5c4)cc3)nc3ccc(Br)cc32)c1. The lowest BCUT2D eigenvalue weighted by Gasteiger charge is -2.10. The molecule has 0 unspecified atom stereocenters. The van der Waals surface area contributed by atoms with Crippen LogP contribution in [0.25, 0.3) is 44.5 Å². The van der Waals surface area contributed by atoms with Gasteiger partial charge >= 0.3 is 0 Å². The topological polar surface area (TPSA) is 55.6 Å². The number of H-pyrrole nitrogens is 1. The van der Waals surface area contributed by atoms with E-state index in [1.165, 1.54) is 16.5 Å². The Kier molecular flexibility index (Phi) is 4.96. The monoisotopic (exact) mass is 534 g/mol. The van der Waals surface area contributed by atoms with Gasteiger partial charge in [0, 0.05) is 40.1 Å². The first kappa shape index (κ1) is 21.4. The minimum atomic E-state index is 0.197. The molecule has 0 spiro atoms. The maximum atomic E-state index is 12.5. The first-order chi connectivity index (χ1) is 17.6. The molecule has 1 aliphatic carbocycles. The van der Waals surface area contributed by atoms with E-state index < -0.39 is 0 Å². The van der Waals surface area contributed by atoms with Crippen LogP contribution in [0.2, 0.25) is 0 Å². The number of fused-ring (bicyclic) bond motifs is 2. The highest BCUT2D eigenvalue weighted by Crippen LogP contribution is 2.32. The van der Waals surface area contributed by atoms with Gasteiger partial charge in [-0.15, -0.1) is 0 Å². The van der Waals surface area contributed by atoms with Gasteiger partial charge in [-0.3, -0.25) is 9.36 Å². The van der Waals surface area contributed by atoms with E-state index in [1.54, 1.807) is 4.57 Å². The Morgan fingerprint density at radius 3 is 2.58 bits per heavy atom. The minimum Gasteiger partial charge on any atom is -0.361 e. The normalized spacial score (nSPS) is 13.6. The zero-order valence-corrected chi connectivity index (χ0v) is 21.1. The van der Waals surface area contributed by atoms with Gasteiger partial charge in [0.15, 0.2) is 0 Å². The largest absolute Gasteiger partial charge is 0.361 e. The molecule has 0 bridgehead atoms. The third kappa shape index (κ3) is 3.78. The predicted molar refractivity (Wildman–Crippen MR) is 147 cm³/mol. The number of imidazole rings is 1. The summed E-state index contributed by atoms with van der Waals surface area (Å²) in [5, 5.41) is 1.20. The lowest BCUT2D eigenvalue weighted by Crippen LogP contribution is -2.10. The van der Waals surface area contributed by atoms with Crippen LogP contribution in [0.4, 0.5) is 0 Å². The molecule has 1 aliphatic rings. The van der Waals surface area contributed by atoms with Crippen molar-refractivity contribution in [2.45, 2.75) is 19.4 Å². The third-order valence-electron chi connectivity index (χ3n) is 7.02. The molecule has 0 radical (unpaired) electrons. The van der Waals surface area contributed by atoms with Gasteiger partial charge in [-0.05, 0) is 77.4 Å². The molecule has 1 N–H and O–H groups in total. The van der Waals surface area contributed by atoms with Gasteiger partial charge in [-0.2, -0.15) is 0 Å². The van der Waals surface area contributed by atoms with Crippen LogP contribution in [0.3, 0.4) is 0 Å². The summed E-state index contributed by atoms with van der Waals surface area (Å²) in [5.74, 6) is 1.31. The summed E-state index contributed by atoms with van der Waals surface area (Å²) in [6, 6.07) is 25.4. The number of aromatic amines is 1. The van der Waals surface area contributed by atoms with Crippen molar-refractivity contribution in [3.63, 3.8) is 0 Å². The standard InChI is InChI=1S/C30H23BrN4O/c31-25-8-10-27-28(16-25)35(18-19-12-14-34(17-19)30(36)22-5-6-22)29(33-27)21-3-1-20(2-4-21)23-7-9-26-24(15-23)11-13-32-26/h1-4,7-17,22,32H,5-6,18H2. The van der Waals surface area contributed by atoms with Crippen molar-refractivity contribution in [3.8, 4) is 22.5 Å². The third-order valence-corrected chi connectivity index (χ3v) is 7.51. The lowest BCUT2D eigenvalue weighted by molar-refractivity contribution is 0.0886. The van der Waals surface area contributed by atoms with Gasteiger partial charge in [-0.1, -0.05) is 46.3 Å². The molecule has 1 fully saturated rings. The van der Waals surface area contributed by atoms with E-state index in [9.17, 15) is 4.79 Å². The molecule has 0 amide bonds. The number of aromatic nitrogens is 4. The van der Waals surface area contributed by atoms with E-state index in [0.717, 1.165) is 50.8 Å². The Labute approximate surface area is 216 Å². The summed E-state index contributed by atoms with van der Waals surface area (Å²) >= 11 is 3.62. The van der Waals surface area contributed by atoms with Crippen LogP contribution in [-0.2, 0) is 6.54 Å². The fourth-order valence-electron chi connectivity index (χ4n) is 4.92. The van der Waals surface area contributed by atoms with Crippen LogP contribution in [0, 0.1) is 5.92 Å². The van der Waals surface area contributed by atoms with Gasteiger partial charge in [0.05, 0.1) is 17.6 Å². The molecular weight excluding hydrogens is 512 g/mol. The van der Waals surface area contributed by atoms with Crippen LogP contribution in [0.5, 0.6) is 0 Å². The van der Waals surface area contributed by atoms with Gasteiger partial charge < -0.3 is 9.55 Å². The molecule has 3 heterocycles. The average Bonchev–Trinajstić information content (AvgIpc) is 3.30. The molecular formula is C30H23BrN4O. The highest BCUT2D eigenvalue weighted by Gasteiger charge is 2.30. The zero-order chi connectivity index (χ0) is 24.2. The molecule has 6 aromatic rings. The fraction of sp³-hybridized carbons (Fsp3) is 0.133. The Balaban J connectivity index is 1.26. The average molecular weight is 535 g/mol. The quantitative estimate of drug-likeness (QED) is 0.248. The molecule has 1 saturated carbocycles. The number of rotatable bonds is 5. The Hall–Kier alpha value is -3.90. The number of carbonyl (C=O) groups excluding carboxylic acids is 1. The summed E-state index contributed by atoms with van der Waals surface area (Å²) in [4.78, 5) is 20.8. The van der Waals surface area contributed by atoms with E-state index in [1.807, 2.05) is 36.8 Å². The summed E-state index contributed by atoms with van der Waals surface area (Å²) in [6.45, 7) is 0.638. The molecule has 5 nitrogen and oxygen atoms in total. The van der Waals surface area contributed by atoms with E-state index in [-0.39, 0.29) is 11.8 Å². The first-order valence-electron chi connectivity index (χ1n) is 12.2. The number of benzene rings is 3. The first-order valence-corrected chi connectivity index (χ1v) is 13.0. The molecule has 36 heavy (non-hydrogen) atoms. The summed E-state index contributed by atoms with van der Waals surface area (Å²) in [6.07, 6.45) is 7.84. The van der Waals surface area contributed by atoms with Crippen LogP contribution >= 0.6 is 15.9 Å². The number of halogens is 1. The van der Waals surface area contributed by atoms with Crippen molar-refractivity contribution in [2.75, 3.05) is 0 Å². The smallest absolute Gasteiger partial charge is 0.233 e. The maximum Gasteiger partial charge on any atom is 0.233 e. The fourth-order valence-corrected chi connectivity index (χ4v) is 5.26. The predicted octanol–water partition coefficient (Wildman–Crippen LogP) is 7.51. The van der Waals surface area contributed by atoms with Crippen LogP contribution < -0.4 is 0 Å². The highest BCUT2D eigenvalue weighted by atomic mass is 79.9. The molecule has 3 aromatic heterocycles. The Morgan fingerprint density at radius 1 is 0.944 bits per heavy atom. The Bertz CT molecular complexity index is 1750. The molecule has 6 heteroatoms. The van der Waals surface area contributed by atoms with Crippen LogP contribution in [0.15, 0.2) is 95.9 Å². The second-order valence-electron chi connectivity index (χ2n) is 9.55. The zero-order valence-electron chi connectivity index (χ0n) is 19.5. The molecule has 0 aliphatic heterocycles. The number of carbonyl (C=O) groups is 1. The van der Waals surface area contributed by atoms with E-state index in [4.69, 9.17) is 4.98 Å². The van der Waals surface area contributed by atoms with Crippen molar-refractivity contribution in [1.29, 1.82) is 0 Å². The van der Waals surface area contributed by atoms with Gasteiger partial charge in [0.1, 0.15) is 5.82 Å². The number of nitrogens with one attached hydrogen (secondary N) is 1. The van der Waals surface area contributed by atoms with Crippen LogP contribution in [-0.4, -0.2) is 25.0 Å². The van der Waals surface area contributed by atoms with Gasteiger partial charge in [0.25, 0.3) is 0 Å². The molecule has 3 aromatic carbocycles. The number of nitrogens with zero attached hydrogens (tertiary/aromatic N) is 3. The minimum absolute atomic E-state index is 0.197. The molecule has 7 rings (SSSR count). The van der Waals surface area contributed by atoms with E-state index >= 15 is 0 Å². The van der Waals surface area contributed by atoms with Crippen molar-refractivity contribution < 1.29 is 4.79 Å². The molecule has 0 saturated heterocycles. The molecule has 176 valence electrons. The van der Waals surface area contributed by atoms with Gasteiger partial charge in [-0.25, -0.2) is 4.98 Å². The van der Waals surface area contributed by atoms with E-state index in [0.29, 0.717) is 6.54 Å². The van der Waals surface area contributed by atoms with Crippen molar-refractivity contribution in [3.05, 3.63) is 101 Å². The van der Waals surface area contributed by atoms with Crippen molar-refractivity contribution >= 4 is 43.8 Å². The summed E-state index contributed by atoms with van der Waals surface area (Å²) < 4.78 is 5.00. The highest BCUT2D eigenvalue weighted by molar-refractivity contribution is 9.10. The van der Waals surface area contributed by atoms with Gasteiger partial charge in [0.2, 0.25) is 5.91 Å². The molecule has 0 atom stereocenters. The summed E-state index contributed by atoms with van der Waals surface area (Å²) in [5.41, 5.74) is 7.65. The lowest BCUT2D eigenvalue weighted by atomic mass is 10.0. The number of hydrogen-bond donors (Lipinski definition) is 1. The maximum absolute atomic E-state index is 12.5. The second-order valence-corrected chi connectivity index (χ2v) is 10.5. The second kappa shape index (κ2) is 8.35. The van der Waals surface area contributed by atoms with Crippen molar-refractivity contribution in [1.82, 2.24) is 19.1 Å². The summed E-state index contributed by atoms with van der Waals surface area (Å²) in [7, 11) is 0.